The molecule has 1 heterocycles. The van der Waals surface area contributed by atoms with Crippen LogP contribution in [0.1, 0.15) is 5.56 Å². The van der Waals surface area contributed by atoms with Crippen molar-refractivity contribution in [1.82, 2.24) is 4.98 Å². The Kier molecular flexibility index (Phi) is 4.79. The maximum Gasteiger partial charge on any atom is 0.340 e. The fourth-order valence-corrected chi connectivity index (χ4v) is 4.41. The third-order valence-electron chi connectivity index (χ3n) is 4.02. The van der Waals surface area contributed by atoms with E-state index in [1.54, 1.807) is 18.2 Å². The van der Waals surface area contributed by atoms with Crippen LogP contribution in [0.15, 0.2) is 70.0 Å². The number of hydrogen-bond acceptors (Lipinski definition) is 5. The van der Waals surface area contributed by atoms with E-state index < -0.39 is 10.1 Å². The molecular weight excluding hydrogens is 421 g/mol. The van der Waals surface area contributed by atoms with Gasteiger partial charge in [0.2, 0.25) is 5.89 Å². The summed E-state index contributed by atoms with van der Waals surface area (Å²) in [6.45, 7) is 1.95. The van der Waals surface area contributed by atoms with Gasteiger partial charge in [-0.05, 0) is 55.0 Å². The minimum absolute atomic E-state index is 0.0256. The van der Waals surface area contributed by atoms with Gasteiger partial charge >= 0.3 is 10.1 Å². The minimum atomic E-state index is -4.19. The summed E-state index contributed by atoms with van der Waals surface area (Å²) in [6.07, 6.45) is 0. The van der Waals surface area contributed by atoms with Gasteiger partial charge in [0.15, 0.2) is 11.3 Å². The molecular formula is C20H13Cl2NO4S. The van der Waals surface area contributed by atoms with Crippen molar-refractivity contribution in [2.45, 2.75) is 11.8 Å². The van der Waals surface area contributed by atoms with Gasteiger partial charge in [-0.1, -0.05) is 41.4 Å². The SMILES string of the molecule is Cc1ccc2oc(-c3ccccc3OS(=O)(=O)c3ccc(Cl)cc3Cl)nc2c1. The standard InChI is InChI=1S/C20H13Cl2NO4S/c1-12-6-8-18-16(10-12)23-20(26-18)14-4-2-3-5-17(14)27-28(24,25)19-9-7-13(21)11-15(19)22/h2-11H,1H3. The van der Waals surface area contributed by atoms with E-state index in [2.05, 4.69) is 4.98 Å². The molecule has 0 atom stereocenters. The van der Waals surface area contributed by atoms with Crippen molar-refractivity contribution in [3.8, 4) is 17.2 Å². The fourth-order valence-electron chi connectivity index (χ4n) is 2.71. The van der Waals surface area contributed by atoms with Gasteiger partial charge in [0.1, 0.15) is 10.4 Å². The summed E-state index contributed by atoms with van der Waals surface area (Å²) >= 11 is 11.9. The zero-order valence-electron chi connectivity index (χ0n) is 14.5. The average Bonchev–Trinajstić information content (AvgIpc) is 3.04. The van der Waals surface area contributed by atoms with Crippen molar-refractivity contribution in [2.24, 2.45) is 0 Å². The van der Waals surface area contributed by atoms with E-state index in [0.29, 0.717) is 21.7 Å². The van der Waals surface area contributed by atoms with E-state index in [4.69, 9.17) is 31.8 Å². The van der Waals surface area contributed by atoms with E-state index in [1.807, 2.05) is 25.1 Å². The number of halogens is 2. The summed E-state index contributed by atoms with van der Waals surface area (Å²) in [5, 5.41) is 0.299. The zero-order valence-corrected chi connectivity index (χ0v) is 16.8. The molecule has 0 bridgehead atoms. The molecule has 28 heavy (non-hydrogen) atoms. The van der Waals surface area contributed by atoms with Gasteiger partial charge in [-0.3, -0.25) is 0 Å². The van der Waals surface area contributed by atoms with Gasteiger partial charge in [0, 0.05) is 5.02 Å². The van der Waals surface area contributed by atoms with E-state index in [1.165, 1.54) is 24.3 Å². The van der Waals surface area contributed by atoms with Crippen LogP contribution in [-0.4, -0.2) is 13.4 Å². The second-order valence-electron chi connectivity index (χ2n) is 6.10. The highest BCUT2D eigenvalue weighted by Gasteiger charge is 2.23. The first-order valence-corrected chi connectivity index (χ1v) is 10.4. The van der Waals surface area contributed by atoms with Crippen molar-refractivity contribution in [3.63, 3.8) is 0 Å². The summed E-state index contributed by atoms with van der Waals surface area (Å²) in [6, 6.07) is 16.3. The first kappa shape index (κ1) is 18.8. The Hall–Kier alpha value is -2.54. The summed E-state index contributed by atoms with van der Waals surface area (Å²) in [5.74, 6) is 0.338. The van der Waals surface area contributed by atoms with Gasteiger partial charge in [-0.25, -0.2) is 4.98 Å². The molecule has 0 N–H and O–H groups in total. The van der Waals surface area contributed by atoms with Crippen LogP contribution >= 0.6 is 23.2 Å². The minimum Gasteiger partial charge on any atom is -0.436 e. The predicted octanol–water partition coefficient (Wildman–Crippen LogP) is 5.88. The maximum absolute atomic E-state index is 12.7. The molecule has 5 nitrogen and oxygen atoms in total. The Balaban J connectivity index is 1.77. The van der Waals surface area contributed by atoms with Gasteiger partial charge in [0.25, 0.3) is 0 Å². The molecule has 0 saturated carbocycles. The monoisotopic (exact) mass is 433 g/mol. The third-order valence-corrected chi connectivity index (χ3v) is 5.98. The smallest absolute Gasteiger partial charge is 0.340 e. The molecule has 1 aromatic heterocycles. The Morgan fingerprint density at radius 2 is 1.79 bits per heavy atom. The van der Waals surface area contributed by atoms with E-state index in [9.17, 15) is 8.42 Å². The predicted molar refractivity (Wildman–Crippen MR) is 108 cm³/mol. The van der Waals surface area contributed by atoms with Crippen LogP contribution in [-0.2, 0) is 10.1 Å². The van der Waals surface area contributed by atoms with Crippen LogP contribution in [0.5, 0.6) is 5.75 Å². The zero-order chi connectivity index (χ0) is 19.9. The van der Waals surface area contributed by atoms with Gasteiger partial charge in [-0.2, -0.15) is 8.42 Å². The van der Waals surface area contributed by atoms with Crippen molar-refractivity contribution in [3.05, 3.63) is 76.3 Å². The number of aromatic nitrogens is 1. The Labute approximate surface area is 171 Å². The molecule has 4 aromatic rings. The van der Waals surface area contributed by atoms with Crippen LogP contribution < -0.4 is 4.18 Å². The molecule has 0 amide bonds. The molecule has 0 aliphatic rings. The van der Waals surface area contributed by atoms with Crippen LogP contribution in [0, 0.1) is 6.92 Å². The lowest BCUT2D eigenvalue weighted by Crippen LogP contribution is -2.11. The number of para-hydroxylation sites is 1. The molecule has 0 fully saturated rings. The normalized spacial score (nSPS) is 11.7. The van der Waals surface area contributed by atoms with Gasteiger partial charge in [0.05, 0.1) is 10.6 Å². The molecule has 8 heteroatoms. The lowest BCUT2D eigenvalue weighted by Gasteiger charge is -2.11. The van der Waals surface area contributed by atoms with Crippen molar-refractivity contribution in [2.75, 3.05) is 0 Å². The highest BCUT2D eigenvalue weighted by atomic mass is 35.5. The first-order chi connectivity index (χ1) is 13.3. The summed E-state index contributed by atoms with van der Waals surface area (Å²) in [5.41, 5.74) is 2.72. The molecule has 142 valence electrons. The average molecular weight is 434 g/mol. The number of benzene rings is 3. The van der Waals surface area contributed by atoms with Crippen LogP contribution in [0.4, 0.5) is 0 Å². The summed E-state index contributed by atoms with van der Waals surface area (Å²) < 4.78 is 36.6. The lowest BCUT2D eigenvalue weighted by atomic mass is 10.2. The van der Waals surface area contributed by atoms with E-state index in [-0.39, 0.29) is 21.6 Å². The molecule has 0 spiro atoms. The number of nitrogens with zero attached hydrogens (tertiary/aromatic N) is 1. The van der Waals surface area contributed by atoms with Crippen LogP contribution in [0.3, 0.4) is 0 Å². The van der Waals surface area contributed by atoms with Crippen molar-refractivity contribution in [1.29, 1.82) is 0 Å². The number of hydrogen-bond donors (Lipinski definition) is 0. The topological polar surface area (TPSA) is 69.4 Å². The Morgan fingerprint density at radius 3 is 2.57 bits per heavy atom. The molecule has 0 radical (unpaired) electrons. The molecule has 0 saturated heterocycles. The molecule has 0 unspecified atom stereocenters. The van der Waals surface area contributed by atoms with Crippen LogP contribution in [0.25, 0.3) is 22.6 Å². The lowest BCUT2D eigenvalue weighted by molar-refractivity contribution is 0.485. The molecule has 3 aromatic carbocycles. The van der Waals surface area contributed by atoms with Crippen LogP contribution in [0.2, 0.25) is 10.0 Å². The molecule has 0 aliphatic carbocycles. The highest BCUT2D eigenvalue weighted by Crippen LogP contribution is 2.35. The van der Waals surface area contributed by atoms with E-state index in [0.717, 1.165) is 5.56 Å². The first-order valence-electron chi connectivity index (χ1n) is 8.20. The second kappa shape index (κ2) is 7.13. The van der Waals surface area contributed by atoms with Gasteiger partial charge in [-0.15, -0.1) is 0 Å². The van der Waals surface area contributed by atoms with Gasteiger partial charge < -0.3 is 8.60 Å². The fraction of sp³-hybridized carbons (Fsp3) is 0.0500. The quantitative estimate of drug-likeness (QED) is 0.376. The molecule has 0 aliphatic heterocycles. The highest BCUT2D eigenvalue weighted by molar-refractivity contribution is 7.87. The third kappa shape index (κ3) is 3.58. The number of fused-ring (bicyclic) bond motifs is 1. The number of oxazole rings is 1. The Morgan fingerprint density at radius 1 is 1.00 bits per heavy atom. The van der Waals surface area contributed by atoms with Crippen molar-refractivity contribution >= 4 is 44.4 Å². The maximum atomic E-state index is 12.7. The summed E-state index contributed by atoms with van der Waals surface area (Å²) in [4.78, 5) is 4.27. The largest absolute Gasteiger partial charge is 0.436 e. The van der Waals surface area contributed by atoms with Crippen molar-refractivity contribution < 1.29 is 17.0 Å². The van der Waals surface area contributed by atoms with E-state index >= 15 is 0 Å². The summed E-state index contributed by atoms with van der Waals surface area (Å²) in [7, 11) is -4.19. The number of rotatable bonds is 4. The Bertz CT molecular complexity index is 1300. The molecule has 4 rings (SSSR count). The second-order valence-corrected chi connectivity index (χ2v) is 8.46. The number of aryl methyl sites for hydroxylation is 1.